The van der Waals surface area contributed by atoms with Gasteiger partial charge in [0.25, 0.3) is 0 Å². The highest BCUT2D eigenvalue weighted by molar-refractivity contribution is 5.92. The summed E-state index contributed by atoms with van der Waals surface area (Å²) in [5.41, 5.74) is 2.62. The van der Waals surface area contributed by atoms with Gasteiger partial charge in [-0.05, 0) is 37.5 Å². The van der Waals surface area contributed by atoms with Crippen molar-refractivity contribution in [1.82, 2.24) is 29.7 Å². The van der Waals surface area contributed by atoms with E-state index in [9.17, 15) is 0 Å². The Balaban J connectivity index is 1.57. The fourth-order valence-corrected chi connectivity index (χ4v) is 3.49. The van der Waals surface area contributed by atoms with E-state index in [1.807, 2.05) is 22.9 Å². The number of anilines is 1. The first-order valence-corrected chi connectivity index (χ1v) is 8.93. The minimum absolute atomic E-state index is 0.810. The average Bonchev–Trinajstić information content (AvgIpc) is 3.38. The summed E-state index contributed by atoms with van der Waals surface area (Å²) >= 11 is 0. The van der Waals surface area contributed by atoms with Crippen LogP contribution in [0.3, 0.4) is 0 Å². The van der Waals surface area contributed by atoms with E-state index in [-0.39, 0.29) is 0 Å². The molecule has 0 atom stereocenters. The lowest BCUT2D eigenvalue weighted by Crippen LogP contribution is -2.30. The molecule has 1 saturated heterocycles. The number of fused-ring (bicyclic) bond motifs is 1. The number of piperidine rings is 1. The van der Waals surface area contributed by atoms with Crippen molar-refractivity contribution in [3.8, 4) is 17.2 Å². The number of rotatable bonds is 3. The van der Waals surface area contributed by atoms with Crippen LogP contribution in [-0.4, -0.2) is 42.8 Å². The molecule has 0 radical (unpaired) electrons. The van der Waals surface area contributed by atoms with Gasteiger partial charge in [-0.1, -0.05) is 6.07 Å². The van der Waals surface area contributed by atoms with Crippen molar-refractivity contribution in [3.05, 3.63) is 49.2 Å². The smallest absolute Gasteiger partial charge is 0.138 e. The third-order valence-electron chi connectivity index (χ3n) is 4.86. The summed E-state index contributed by atoms with van der Waals surface area (Å²) in [4.78, 5) is 15.8. The molecule has 1 aliphatic heterocycles. The van der Waals surface area contributed by atoms with Crippen LogP contribution in [0.4, 0.5) is 5.82 Å². The summed E-state index contributed by atoms with van der Waals surface area (Å²) < 4.78 is 1.88. The summed E-state index contributed by atoms with van der Waals surface area (Å²) in [6.07, 6.45) is 10.9. The molecule has 0 spiro atoms. The second-order valence-electron chi connectivity index (χ2n) is 6.56. The molecular weight excluding hydrogens is 326 g/mol. The lowest BCUT2D eigenvalue weighted by atomic mass is 10.1. The van der Waals surface area contributed by atoms with Crippen LogP contribution < -0.4 is 4.90 Å². The maximum atomic E-state index is 4.89. The minimum Gasteiger partial charge on any atom is -0.357 e. The third kappa shape index (κ3) is 2.61. The van der Waals surface area contributed by atoms with Crippen LogP contribution in [0, 0.1) is 0 Å². The number of nitrogens with zero attached hydrogens (tertiary/aromatic N) is 6. The summed E-state index contributed by atoms with van der Waals surface area (Å²) in [6.45, 7) is 2.15. The van der Waals surface area contributed by atoms with E-state index in [0.717, 1.165) is 47.0 Å². The van der Waals surface area contributed by atoms with Crippen LogP contribution in [0.2, 0.25) is 0 Å². The second-order valence-corrected chi connectivity index (χ2v) is 6.56. The van der Waals surface area contributed by atoms with Gasteiger partial charge in [0.1, 0.15) is 23.7 Å². The molecule has 7 heteroatoms. The van der Waals surface area contributed by atoms with Gasteiger partial charge in [-0.25, -0.2) is 15.0 Å². The van der Waals surface area contributed by atoms with E-state index in [1.165, 1.54) is 19.3 Å². The van der Waals surface area contributed by atoms with Crippen molar-refractivity contribution in [3.63, 3.8) is 0 Å². The summed E-state index contributed by atoms with van der Waals surface area (Å²) in [6, 6.07) is 8.18. The molecule has 0 aliphatic carbocycles. The molecule has 5 heterocycles. The van der Waals surface area contributed by atoms with Gasteiger partial charge in [-0.15, -0.1) is 0 Å². The van der Waals surface area contributed by atoms with Crippen molar-refractivity contribution in [1.29, 1.82) is 0 Å². The Bertz CT molecular complexity index is 1030. The Morgan fingerprint density at radius 3 is 2.81 bits per heavy atom. The second kappa shape index (κ2) is 6.25. The van der Waals surface area contributed by atoms with Crippen molar-refractivity contribution < 1.29 is 0 Å². The van der Waals surface area contributed by atoms with E-state index in [0.29, 0.717) is 0 Å². The Morgan fingerprint density at radius 1 is 1.04 bits per heavy atom. The van der Waals surface area contributed by atoms with Gasteiger partial charge < -0.3 is 4.90 Å². The number of nitrogens with one attached hydrogen (secondary N) is 1. The van der Waals surface area contributed by atoms with E-state index in [4.69, 9.17) is 4.98 Å². The predicted octanol–water partition coefficient (Wildman–Crippen LogP) is 3.20. The summed E-state index contributed by atoms with van der Waals surface area (Å²) in [5.74, 6) is 1.84. The Hall–Kier alpha value is -3.22. The molecule has 130 valence electrons. The molecule has 0 saturated carbocycles. The van der Waals surface area contributed by atoms with E-state index < -0.39 is 0 Å². The zero-order valence-electron chi connectivity index (χ0n) is 14.3. The van der Waals surface area contributed by atoms with Crippen molar-refractivity contribution >= 4 is 16.7 Å². The Labute approximate surface area is 150 Å². The van der Waals surface area contributed by atoms with Crippen LogP contribution in [0.5, 0.6) is 0 Å². The zero-order valence-corrected chi connectivity index (χ0v) is 14.3. The molecule has 7 nitrogen and oxygen atoms in total. The maximum Gasteiger partial charge on any atom is 0.138 e. The largest absolute Gasteiger partial charge is 0.357 e. The minimum atomic E-state index is 0.810. The first kappa shape index (κ1) is 15.1. The number of hydrogen-bond acceptors (Lipinski definition) is 5. The van der Waals surface area contributed by atoms with Crippen LogP contribution in [0.1, 0.15) is 19.3 Å². The first-order valence-electron chi connectivity index (χ1n) is 8.93. The molecule has 0 bridgehead atoms. The van der Waals surface area contributed by atoms with E-state index in [2.05, 4.69) is 37.2 Å². The molecular formula is C19H19N7. The summed E-state index contributed by atoms with van der Waals surface area (Å²) in [5, 5.41) is 8.58. The van der Waals surface area contributed by atoms with Crippen LogP contribution >= 0.6 is 0 Å². The fourth-order valence-electron chi connectivity index (χ4n) is 3.49. The number of pyridine rings is 2. The molecule has 1 N–H and O–H groups in total. The number of hydrogen-bond donors (Lipinski definition) is 1. The average molecular weight is 345 g/mol. The number of H-pyrrole nitrogens is 1. The van der Waals surface area contributed by atoms with Gasteiger partial charge in [-0.2, -0.15) is 5.10 Å². The van der Waals surface area contributed by atoms with Gasteiger partial charge in [0.05, 0.1) is 17.4 Å². The van der Waals surface area contributed by atoms with Crippen molar-refractivity contribution in [2.45, 2.75) is 19.3 Å². The lowest BCUT2D eigenvalue weighted by Gasteiger charge is -2.27. The van der Waals surface area contributed by atoms with Gasteiger partial charge in [-0.3, -0.25) is 9.67 Å². The number of aromatic nitrogens is 6. The monoisotopic (exact) mass is 345 g/mol. The highest BCUT2D eigenvalue weighted by Gasteiger charge is 2.15. The van der Waals surface area contributed by atoms with Crippen molar-refractivity contribution in [2.24, 2.45) is 0 Å². The van der Waals surface area contributed by atoms with Gasteiger partial charge in [0.15, 0.2) is 0 Å². The van der Waals surface area contributed by atoms with E-state index in [1.54, 1.807) is 18.7 Å². The van der Waals surface area contributed by atoms with Crippen LogP contribution in [-0.2, 0) is 0 Å². The predicted molar refractivity (Wildman–Crippen MR) is 100 cm³/mol. The topological polar surface area (TPSA) is 75.5 Å². The SMILES string of the molecule is c1cc(-c2n[nH]c3cnc(-n4ccnc4)cc23)nc(N2CCCCC2)c1. The normalized spacial score (nSPS) is 14.8. The molecule has 0 unspecified atom stereocenters. The molecule has 1 aliphatic rings. The quantitative estimate of drug-likeness (QED) is 0.617. The van der Waals surface area contributed by atoms with Gasteiger partial charge in [0, 0.05) is 30.9 Å². The van der Waals surface area contributed by atoms with Crippen molar-refractivity contribution in [2.75, 3.05) is 18.0 Å². The zero-order chi connectivity index (χ0) is 17.3. The van der Waals surface area contributed by atoms with Crippen LogP contribution in [0.15, 0.2) is 49.2 Å². The maximum absolute atomic E-state index is 4.89. The Kier molecular flexibility index (Phi) is 3.62. The molecule has 0 amide bonds. The summed E-state index contributed by atoms with van der Waals surface area (Å²) in [7, 11) is 0. The number of imidazole rings is 1. The molecule has 1 fully saturated rings. The molecule has 26 heavy (non-hydrogen) atoms. The molecule has 5 rings (SSSR count). The molecule has 4 aromatic heterocycles. The highest BCUT2D eigenvalue weighted by atomic mass is 15.2. The molecule has 4 aromatic rings. The Morgan fingerprint density at radius 2 is 1.96 bits per heavy atom. The van der Waals surface area contributed by atoms with Gasteiger partial charge in [0.2, 0.25) is 0 Å². The highest BCUT2D eigenvalue weighted by Crippen LogP contribution is 2.28. The standard InChI is InChI=1S/C19H19N7/c1-2-8-25(9-3-1)17-6-4-5-15(22-17)19-14-11-18(26-10-7-20-13-26)21-12-16(14)23-24-19/h4-7,10-13H,1-3,8-9H2,(H,23,24). The third-order valence-corrected chi connectivity index (χ3v) is 4.86. The lowest BCUT2D eigenvalue weighted by molar-refractivity contribution is 0.573. The fraction of sp³-hybridized carbons (Fsp3) is 0.263. The van der Waals surface area contributed by atoms with Crippen LogP contribution in [0.25, 0.3) is 28.1 Å². The van der Waals surface area contributed by atoms with Gasteiger partial charge >= 0.3 is 0 Å². The molecule has 0 aromatic carbocycles. The number of aromatic amines is 1. The first-order chi connectivity index (χ1) is 12.9. The van der Waals surface area contributed by atoms with E-state index >= 15 is 0 Å².